The Morgan fingerprint density at radius 2 is 1.79 bits per heavy atom. The number of rotatable bonds is 4. The molecule has 2 amide bonds. The number of hydrogen-bond donors (Lipinski definition) is 1. The summed E-state index contributed by atoms with van der Waals surface area (Å²) in [6, 6.07) is 8.10. The number of carbonyl (C=O) groups excluding carboxylic acids is 2. The first-order chi connectivity index (χ1) is 20.0. The molecule has 2 aromatic heterocycles. The monoisotopic (exact) mass is 576 g/mol. The Morgan fingerprint density at radius 1 is 1.05 bits per heavy atom. The van der Waals surface area contributed by atoms with E-state index in [1.807, 2.05) is 33.8 Å². The van der Waals surface area contributed by atoms with Crippen LogP contribution in [0, 0.1) is 5.82 Å². The van der Waals surface area contributed by atoms with E-state index in [0.717, 1.165) is 16.8 Å². The van der Waals surface area contributed by atoms with Crippen LogP contribution in [0.3, 0.4) is 0 Å². The first-order valence-electron chi connectivity index (χ1n) is 14.3. The fraction of sp³-hybridized carbons (Fsp3) is 0.452. The molecule has 0 radical (unpaired) electrons. The van der Waals surface area contributed by atoms with Crippen molar-refractivity contribution in [2.24, 2.45) is 0 Å². The number of piperidine rings is 1. The standard InChI is InChI=1S/C31H37FN6O4/c1-5-24-26(21-7-9-25(33)34-17-21)27(36-19-35-24)20-6-8-22(23(32)16-20)28(39)37-12-10-31(11-13-37)18-38(14-15-41-31)29(40)42-30(2,3)4/h6-9,16-17,19H,5,10-15,18H2,1-4H3,(H2,33,34). The number of likely N-dealkylation sites (tertiary alicyclic amines) is 1. The van der Waals surface area contributed by atoms with Gasteiger partial charge in [-0.05, 0) is 64.3 Å². The van der Waals surface area contributed by atoms with Crippen LogP contribution in [0.2, 0.25) is 0 Å². The number of nitrogens with two attached hydrogens (primary N) is 1. The normalized spacial score (nSPS) is 16.9. The molecule has 222 valence electrons. The lowest BCUT2D eigenvalue weighted by molar-refractivity contribution is -0.130. The molecule has 11 heteroatoms. The first-order valence-corrected chi connectivity index (χ1v) is 14.3. The maximum atomic E-state index is 15.5. The molecule has 10 nitrogen and oxygen atoms in total. The number of aromatic nitrogens is 3. The molecule has 5 rings (SSSR count). The summed E-state index contributed by atoms with van der Waals surface area (Å²) in [6.07, 6.45) is 4.46. The molecule has 0 atom stereocenters. The third kappa shape index (κ3) is 6.20. The van der Waals surface area contributed by atoms with Crippen molar-refractivity contribution in [2.45, 2.75) is 58.2 Å². The minimum atomic E-state index is -0.624. The van der Waals surface area contributed by atoms with Gasteiger partial charge in [-0.25, -0.2) is 24.1 Å². The van der Waals surface area contributed by atoms with Crippen LogP contribution >= 0.6 is 0 Å². The number of amides is 2. The highest BCUT2D eigenvalue weighted by Gasteiger charge is 2.43. The molecule has 2 aliphatic rings. The highest BCUT2D eigenvalue weighted by molar-refractivity contribution is 5.95. The van der Waals surface area contributed by atoms with Gasteiger partial charge in [0.25, 0.3) is 5.91 Å². The third-order valence-electron chi connectivity index (χ3n) is 7.67. The van der Waals surface area contributed by atoms with E-state index >= 15 is 4.39 Å². The predicted molar refractivity (Wildman–Crippen MR) is 156 cm³/mol. The van der Waals surface area contributed by atoms with Crippen molar-refractivity contribution in [3.8, 4) is 22.4 Å². The zero-order chi connectivity index (χ0) is 30.1. The van der Waals surface area contributed by atoms with E-state index in [1.54, 1.807) is 28.1 Å². The van der Waals surface area contributed by atoms with Gasteiger partial charge in [-0.1, -0.05) is 13.0 Å². The Kier molecular flexibility index (Phi) is 8.14. The summed E-state index contributed by atoms with van der Waals surface area (Å²) in [7, 11) is 0. The van der Waals surface area contributed by atoms with Crippen molar-refractivity contribution < 1.29 is 23.5 Å². The number of ether oxygens (including phenoxy) is 2. The maximum absolute atomic E-state index is 15.5. The molecule has 2 N–H and O–H groups in total. The lowest BCUT2D eigenvalue weighted by atomic mass is 9.89. The van der Waals surface area contributed by atoms with E-state index in [2.05, 4.69) is 15.0 Å². The van der Waals surface area contributed by atoms with E-state index in [9.17, 15) is 9.59 Å². The van der Waals surface area contributed by atoms with E-state index in [-0.39, 0.29) is 17.6 Å². The number of pyridine rings is 1. The van der Waals surface area contributed by atoms with Crippen molar-refractivity contribution in [3.63, 3.8) is 0 Å². The molecular weight excluding hydrogens is 539 g/mol. The second kappa shape index (κ2) is 11.6. The van der Waals surface area contributed by atoms with Crippen LogP contribution in [0.5, 0.6) is 0 Å². The van der Waals surface area contributed by atoms with Gasteiger partial charge in [-0.2, -0.15) is 0 Å². The van der Waals surface area contributed by atoms with Crippen molar-refractivity contribution in [2.75, 3.05) is 38.5 Å². The average molecular weight is 577 g/mol. The second-order valence-corrected chi connectivity index (χ2v) is 11.8. The minimum absolute atomic E-state index is 0.00452. The van der Waals surface area contributed by atoms with Gasteiger partial charge in [0, 0.05) is 42.5 Å². The third-order valence-corrected chi connectivity index (χ3v) is 7.67. The summed E-state index contributed by atoms with van der Waals surface area (Å²) >= 11 is 0. The molecule has 1 aromatic carbocycles. The molecule has 4 heterocycles. The molecule has 0 aliphatic carbocycles. The van der Waals surface area contributed by atoms with Gasteiger partial charge in [0.15, 0.2) is 0 Å². The number of carbonyl (C=O) groups is 2. The quantitative estimate of drug-likeness (QED) is 0.473. The highest BCUT2D eigenvalue weighted by atomic mass is 19.1. The molecule has 2 aliphatic heterocycles. The largest absolute Gasteiger partial charge is 0.444 e. The number of anilines is 1. The van der Waals surface area contributed by atoms with Crippen molar-refractivity contribution in [3.05, 3.63) is 59.9 Å². The molecule has 0 unspecified atom stereocenters. The van der Waals surface area contributed by atoms with Crippen LogP contribution in [-0.4, -0.2) is 80.7 Å². The number of nitrogens with zero attached hydrogens (tertiary/aromatic N) is 5. The van der Waals surface area contributed by atoms with Crippen LogP contribution in [-0.2, 0) is 15.9 Å². The molecule has 1 spiro atoms. The summed E-state index contributed by atoms with van der Waals surface area (Å²) in [5.74, 6) is -0.613. The van der Waals surface area contributed by atoms with E-state index in [1.165, 1.54) is 18.5 Å². The maximum Gasteiger partial charge on any atom is 0.410 e. The number of hydrogen-bond acceptors (Lipinski definition) is 8. The van der Waals surface area contributed by atoms with Crippen LogP contribution in [0.25, 0.3) is 22.4 Å². The van der Waals surface area contributed by atoms with Gasteiger partial charge in [0.05, 0.1) is 35.7 Å². The molecule has 2 saturated heterocycles. The predicted octanol–water partition coefficient (Wildman–Crippen LogP) is 4.73. The van der Waals surface area contributed by atoms with Crippen molar-refractivity contribution >= 4 is 17.8 Å². The van der Waals surface area contributed by atoms with Crippen molar-refractivity contribution in [1.82, 2.24) is 24.8 Å². The lowest BCUT2D eigenvalue weighted by Crippen LogP contribution is -2.59. The second-order valence-electron chi connectivity index (χ2n) is 11.8. The molecule has 0 bridgehead atoms. The van der Waals surface area contributed by atoms with Gasteiger partial charge in [0.2, 0.25) is 0 Å². The summed E-state index contributed by atoms with van der Waals surface area (Å²) < 4.78 is 27.2. The van der Waals surface area contributed by atoms with E-state index in [4.69, 9.17) is 15.2 Å². The van der Waals surface area contributed by atoms with Gasteiger partial charge in [-0.3, -0.25) is 4.79 Å². The summed E-state index contributed by atoms with van der Waals surface area (Å²) in [4.78, 5) is 42.4. The summed E-state index contributed by atoms with van der Waals surface area (Å²) in [5.41, 5.74) is 8.04. The smallest absolute Gasteiger partial charge is 0.410 e. The Balaban J connectivity index is 1.31. The number of halogens is 1. The zero-order valence-electron chi connectivity index (χ0n) is 24.5. The van der Waals surface area contributed by atoms with E-state index < -0.39 is 17.0 Å². The molecule has 42 heavy (non-hydrogen) atoms. The number of nitrogen functional groups attached to an aromatic ring is 1. The molecule has 3 aromatic rings. The van der Waals surface area contributed by atoms with Gasteiger partial charge in [0.1, 0.15) is 23.6 Å². The highest BCUT2D eigenvalue weighted by Crippen LogP contribution is 2.35. The number of morpholine rings is 1. The van der Waals surface area contributed by atoms with E-state index in [0.29, 0.717) is 69.1 Å². The zero-order valence-corrected chi connectivity index (χ0v) is 24.5. The van der Waals surface area contributed by atoms with Crippen LogP contribution in [0.1, 0.15) is 56.6 Å². The minimum Gasteiger partial charge on any atom is -0.444 e. The number of aryl methyl sites for hydroxylation is 1. The topological polar surface area (TPSA) is 124 Å². The summed E-state index contributed by atoms with van der Waals surface area (Å²) in [5, 5.41) is 0. The van der Waals surface area contributed by atoms with Crippen LogP contribution in [0.15, 0.2) is 42.9 Å². The van der Waals surface area contributed by atoms with Gasteiger partial charge >= 0.3 is 6.09 Å². The SMILES string of the molecule is CCc1ncnc(-c2ccc(C(=O)N3CCC4(CC3)CN(C(=O)OC(C)(C)C)CCO4)c(F)c2)c1-c1ccc(N)nc1. The van der Waals surface area contributed by atoms with Crippen LogP contribution in [0.4, 0.5) is 15.0 Å². The Hall–Kier alpha value is -4.12. The fourth-order valence-corrected chi connectivity index (χ4v) is 5.52. The summed E-state index contributed by atoms with van der Waals surface area (Å²) in [6.45, 7) is 9.54. The Morgan fingerprint density at radius 3 is 2.43 bits per heavy atom. The van der Waals surface area contributed by atoms with Gasteiger partial charge < -0.3 is 25.0 Å². The molecular formula is C31H37FN6O4. The van der Waals surface area contributed by atoms with Crippen LogP contribution < -0.4 is 5.73 Å². The lowest BCUT2D eigenvalue weighted by Gasteiger charge is -2.47. The Labute approximate surface area is 245 Å². The number of benzene rings is 1. The van der Waals surface area contributed by atoms with Gasteiger partial charge in [-0.15, -0.1) is 0 Å². The molecule has 2 fully saturated rings. The molecule has 0 saturated carbocycles. The fourth-order valence-electron chi connectivity index (χ4n) is 5.52. The first kappa shape index (κ1) is 29.4. The van der Waals surface area contributed by atoms with Crippen molar-refractivity contribution in [1.29, 1.82) is 0 Å². The Bertz CT molecular complexity index is 1470. The average Bonchev–Trinajstić information content (AvgIpc) is 2.96.